The number of para-hydroxylation sites is 2. The van der Waals surface area contributed by atoms with E-state index in [1.807, 2.05) is 42.1 Å². The van der Waals surface area contributed by atoms with Crippen molar-refractivity contribution in [2.75, 3.05) is 12.9 Å². The molecule has 1 unspecified atom stereocenters. The summed E-state index contributed by atoms with van der Waals surface area (Å²) in [5.41, 5.74) is 0. The van der Waals surface area contributed by atoms with Gasteiger partial charge in [0.2, 0.25) is 0 Å². The van der Waals surface area contributed by atoms with Crippen LogP contribution in [0.5, 0.6) is 11.5 Å². The topological polar surface area (TPSA) is 49.2 Å². The average molecular weight is 263 g/mol. The number of ether oxygens (including phenoxy) is 2. The fraction of sp³-hybridized carbons (Fsp3) is 0.333. The minimum atomic E-state index is -0.210. The maximum Gasteiger partial charge on any atom is 0.192 e. The van der Waals surface area contributed by atoms with Crippen LogP contribution in [-0.4, -0.2) is 27.6 Å². The molecular formula is C12H13N3O2S. The van der Waals surface area contributed by atoms with Crippen molar-refractivity contribution in [2.45, 2.75) is 11.3 Å². The molecule has 0 radical (unpaired) electrons. The van der Waals surface area contributed by atoms with E-state index in [0.29, 0.717) is 6.61 Å². The van der Waals surface area contributed by atoms with Crippen LogP contribution >= 0.6 is 11.8 Å². The van der Waals surface area contributed by atoms with Gasteiger partial charge in [-0.15, -0.1) is 10.2 Å². The molecule has 1 aromatic heterocycles. The summed E-state index contributed by atoms with van der Waals surface area (Å²) in [6, 6.07) is 7.65. The van der Waals surface area contributed by atoms with Gasteiger partial charge < -0.3 is 14.0 Å². The van der Waals surface area contributed by atoms with Gasteiger partial charge in [0, 0.05) is 7.05 Å². The van der Waals surface area contributed by atoms with E-state index in [9.17, 15) is 0 Å². The second kappa shape index (κ2) is 4.53. The first-order valence-corrected chi connectivity index (χ1v) is 6.84. The van der Waals surface area contributed by atoms with Gasteiger partial charge >= 0.3 is 0 Å². The van der Waals surface area contributed by atoms with E-state index in [-0.39, 0.29) is 6.10 Å². The van der Waals surface area contributed by atoms with Gasteiger partial charge in [-0.25, -0.2) is 0 Å². The molecule has 2 aromatic rings. The van der Waals surface area contributed by atoms with Crippen LogP contribution in [-0.2, 0) is 7.05 Å². The normalized spacial score (nSPS) is 17.8. The maximum atomic E-state index is 5.90. The van der Waals surface area contributed by atoms with E-state index < -0.39 is 0 Å². The highest BCUT2D eigenvalue weighted by atomic mass is 32.2. The number of thioether (sulfide) groups is 1. The minimum absolute atomic E-state index is 0.210. The van der Waals surface area contributed by atoms with Gasteiger partial charge in [0.1, 0.15) is 6.61 Å². The molecule has 6 heteroatoms. The van der Waals surface area contributed by atoms with Gasteiger partial charge in [0.25, 0.3) is 0 Å². The lowest BCUT2D eigenvalue weighted by atomic mass is 10.2. The molecule has 0 amide bonds. The monoisotopic (exact) mass is 263 g/mol. The molecule has 1 atom stereocenters. The van der Waals surface area contributed by atoms with E-state index in [2.05, 4.69) is 10.2 Å². The van der Waals surface area contributed by atoms with E-state index >= 15 is 0 Å². The standard InChI is InChI=1S/C12H13N3O2S/c1-15-11(13-14-12(15)18-2)10-7-16-8-5-3-4-6-9(8)17-10/h3-6,10H,7H2,1-2H3. The first-order valence-electron chi connectivity index (χ1n) is 5.61. The lowest BCUT2D eigenvalue weighted by molar-refractivity contribution is 0.0825. The fourth-order valence-electron chi connectivity index (χ4n) is 1.93. The Bertz CT molecular complexity index is 570. The summed E-state index contributed by atoms with van der Waals surface area (Å²) in [5, 5.41) is 9.14. The molecule has 1 aromatic carbocycles. The molecule has 1 aliphatic rings. The molecule has 0 fully saturated rings. The highest BCUT2D eigenvalue weighted by molar-refractivity contribution is 7.98. The predicted octanol–water partition coefficient (Wildman–Crippen LogP) is 2.05. The Morgan fingerprint density at radius 3 is 2.78 bits per heavy atom. The summed E-state index contributed by atoms with van der Waals surface area (Å²) in [6.45, 7) is 0.456. The zero-order chi connectivity index (χ0) is 12.5. The Labute approximate surface area is 109 Å². The second-order valence-electron chi connectivity index (χ2n) is 3.97. The Morgan fingerprint density at radius 1 is 1.28 bits per heavy atom. The molecule has 18 heavy (non-hydrogen) atoms. The van der Waals surface area contributed by atoms with Crippen LogP contribution in [0, 0.1) is 0 Å². The first-order chi connectivity index (χ1) is 8.79. The maximum absolute atomic E-state index is 5.90. The summed E-state index contributed by atoms with van der Waals surface area (Å²) >= 11 is 1.56. The van der Waals surface area contributed by atoms with Gasteiger partial charge in [-0.05, 0) is 18.4 Å². The van der Waals surface area contributed by atoms with Crippen molar-refractivity contribution in [3.8, 4) is 11.5 Å². The van der Waals surface area contributed by atoms with Gasteiger partial charge in [-0.2, -0.15) is 0 Å². The van der Waals surface area contributed by atoms with Crippen molar-refractivity contribution in [1.29, 1.82) is 0 Å². The Balaban J connectivity index is 1.89. The Hall–Kier alpha value is -1.69. The summed E-state index contributed by atoms with van der Waals surface area (Å²) in [5.74, 6) is 2.32. The van der Waals surface area contributed by atoms with Crippen LogP contribution in [0.4, 0.5) is 0 Å². The Morgan fingerprint density at radius 2 is 2.06 bits per heavy atom. The van der Waals surface area contributed by atoms with E-state index in [4.69, 9.17) is 9.47 Å². The molecule has 2 heterocycles. The van der Waals surface area contributed by atoms with E-state index in [1.54, 1.807) is 11.8 Å². The highest BCUT2D eigenvalue weighted by Gasteiger charge is 2.27. The molecular weight excluding hydrogens is 250 g/mol. The van der Waals surface area contributed by atoms with Crippen molar-refractivity contribution in [3.05, 3.63) is 30.1 Å². The van der Waals surface area contributed by atoms with Crippen molar-refractivity contribution in [1.82, 2.24) is 14.8 Å². The van der Waals surface area contributed by atoms with Crippen molar-refractivity contribution < 1.29 is 9.47 Å². The quantitative estimate of drug-likeness (QED) is 0.776. The van der Waals surface area contributed by atoms with Crippen molar-refractivity contribution in [2.24, 2.45) is 7.05 Å². The summed E-state index contributed by atoms with van der Waals surface area (Å²) in [4.78, 5) is 0. The summed E-state index contributed by atoms with van der Waals surface area (Å²) in [7, 11) is 1.94. The molecule has 0 saturated heterocycles. The van der Waals surface area contributed by atoms with Crippen LogP contribution in [0.25, 0.3) is 0 Å². The second-order valence-corrected chi connectivity index (χ2v) is 4.74. The highest BCUT2D eigenvalue weighted by Crippen LogP contribution is 2.35. The number of hydrogen-bond acceptors (Lipinski definition) is 5. The SMILES string of the molecule is CSc1nnc(C2COc3ccccc3O2)n1C. The van der Waals surface area contributed by atoms with Crippen LogP contribution in [0.1, 0.15) is 11.9 Å². The summed E-state index contributed by atoms with van der Waals surface area (Å²) < 4.78 is 13.5. The molecule has 0 N–H and O–H groups in total. The van der Waals surface area contributed by atoms with Crippen LogP contribution in [0.2, 0.25) is 0 Å². The number of aromatic nitrogens is 3. The third kappa shape index (κ3) is 1.82. The van der Waals surface area contributed by atoms with Gasteiger partial charge in [0.05, 0.1) is 0 Å². The summed E-state index contributed by atoms with van der Waals surface area (Å²) in [6.07, 6.45) is 1.76. The number of benzene rings is 1. The average Bonchev–Trinajstić information content (AvgIpc) is 2.79. The van der Waals surface area contributed by atoms with Gasteiger partial charge in [-0.1, -0.05) is 23.9 Å². The molecule has 5 nitrogen and oxygen atoms in total. The Kier molecular flexibility index (Phi) is 2.87. The van der Waals surface area contributed by atoms with Gasteiger partial charge in [-0.3, -0.25) is 0 Å². The van der Waals surface area contributed by atoms with Crippen molar-refractivity contribution in [3.63, 3.8) is 0 Å². The van der Waals surface area contributed by atoms with E-state index in [1.165, 1.54) is 0 Å². The minimum Gasteiger partial charge on any atom is -0.485 e. The predicted molar refractivity (Wildman–Crippen MR) is 68.1 cm³/mol. The lowest BCUT2D eigenvalue weighted by Crippen LogP contribution is -2.24. The van der Waals surface area contributed by atoms with Crippen LogP contribution in [0.15, 0.2) is 29.4 Å². The third-order valence-corrected chi connectivity index (χ3v) is 3.57. The molecule has 94 valence electrons. The molecule has 0 bridgehead atoms. The zero-order valence-corrected chi connectivity index (χ0v) is 11.0. The molecule has 3 rings (SSSR count). The number of hydrogen-bond donors (Lipinski definition) is 0. The zero-order valence-electron chi connectivity index (χ0n) is 10.2. The van der Waals surface area contributed by atoms with Crippen LogP contribution in [0.3, 0.4) is 0 Å². The van der Waals surface area contributed by atoms with Crippen molar-refractivity contribution >= 4 is 11.8 Å². The molecule has 0 spiro atoms. The van der Waals surface area contributed by atoms with Gasteiger partial charge in [0.15, 0.2) is 28.6 Å². The number of fused-ring (bicyclic) bond motifs is 1. The number of nitrogens with zero attached hydrogens (tertiary/aromatic N) is 3. The first kappa shape index (κ1) is 11.4. The number of rotatable bonds is 2. The largest absolute Gasteiger partial charge is 0.485 e. The van der Waals surface area contributed by atoms with E-state index in [0.717, 1.165) is 22.5 Å². The smallest absolute Gasteiger partial charge is 0.192 e. The third-order valence-electron chi connectivity index (χ3n) is 2.85. The molecule has 1 aliphatic heterocycles. The molecule has 0 aliphatic carbocycles. The van der Waals surface area contributed by atoms with Crippen LogP contribution < -0.4 is 9.47 Å². The molecule has 0 saturated carbocycles. The lowest BCUT2D eigenvalue weighted by Gasteiger charge is -2.25. The fourth-order valence-corrected chi connectivity index (χ4v) is 2.42.